The number of nitrogens with zero attached hydrogens (tertiary/aromatic N) is 2. The Balaban J connectivity index is 2.06. The Morgan fingerprint density at radius 2 is 1.64 bits per heavy atom. The van der Waals surface area contributed by atoms with E-state index >= 15 is 0 Å². The molecule has 0 saturated heterocycles. The smallest absolute Gasteiger partial charge is 0.244 e. The van der Waals surface area contributed by atoms with Crippen LogP contribution < -0.4 is 9.62 Å². The van der Waals surface area contributed by atoms with Crippen molar-refractivity contribution in [2.75, 3.05) is 23.7 Å². The van der Waals surface area contributed by atoms with Crippen LogP contribution in [-0.2, 0) is 32.6 Å². The van der Waals surface area contributed by atoms with E-state index in [4.69, 9.17) is 11.6 Å². The number of carbonyl (C=O) groups excluding carboxylic acids is 2. The van der Waals surface area contributed by atoms with Crippen molar-refractivity contribution < 1.29 is 18.0 Å². The maximum atomic E-state index is 14.1. The Morgan fingerprint density at radius 1 is 0.949 bits per heavy atom. The van der Waals surface area contributed by atoms with Crippen LogP contribution in [0.25, 0.3) is 0 Å². The molecular weight excluding hydrogens is 534 g/mol. The van der Waals surface area contributed by atoms with Crippen molar-refractivity contribution in [1.29, 1.82) is 0 Å². The zero-order chi connectivity index (χ0) is 28.6. The molecule has 1 N–H and O–H groups in total. The SMILES string of the molecule is CCCNC(=O)[C@H](Cc1ccccc1)N(Cc1cccc(Cl)c1)C(=O)CN(c1ccc(C)cc1C)S(C)(=O)=O. The summed E-state index contributed by atoms with van der Waals surface area (Å²) in [5.74, 6) is -0.790. The van der Waals surface area contributed by atoms with E-state index in [2.05, 4.69) is 5.32 Å². The summed E-state index contributed by atoms with van der Waals surface area (Å²) >= 11 is 6.23. The van der Waals surface area contributed by atoms with E-state index in [0.717, 1.165) is 39.2 Å². The number of rotatable bonds is 12. The van der Waals surface area contributed by atoms with Gasteiger partial charge in [0.05, 0.1) is 11.9 Å². The highest BCUT2D eigenvalue weighted by Crippen LogP contribution is 2.25. The predicted octanol–water partition coefficient (Wildman–Crippen LogP) is 4.89. The fraction of sp³-hybridized carbons (Fsp3) is 0.333. The fourth-order valence-electron chi connectivity index (χ4n) is 4.43. The van der Waals surface area contributed by atoms with Gasteiger partial charge < -0.3 is 10.2 Å². The van der Waals surface area contributed by atoms with E-state index in [0.29, 0.717) is 17.3 Å². The summed E-state index contributed by atoms with van der Waals surface area (Å²) < 4.78 is 27.0. The van der Waals surface area contributed by atoms with Gasteiger partial charge in [-0.05, 0) is 55.2 Å². The third kappa shape index (κ3) is 8.57. The summed E-state index contributed by atoms with van der Waals surface area (Å²) in [4.78, 5) is 29.0. The second-order valence-electron chi connectivity index (χ2n) is 9.71. The maximum absolute atomic E-state index is 14.1. The van der Waals surface area contributed by atoms with Crippen molar-refractivity contribution in [2.45, 2.75) is 46.2 Å². The molecule has 0 aliphatic heterocycles. The summed E-state index contributed by atoms with van der Waals surface area (Å²) in [7, 11) is -3.82. The molecule has 1 atom stereocenters. The second kappa shape index (κ2) is 13.6. The minimum absolute atomic E-state index is 0.0842. The lowest BCUT2D eigenvalue weighted by Crippen LogP contribution is -2.53. The van der Waals surface area contributed by atoms with Gasteiger partial charge in [-0.3, -0.25) is 13.9 Å². The van der Waals surface area contributed by atoms with Crippen LogP contribution in [0.5, 0.6) is 0 Å². The molecule has 3 aromatic carbocycles. The van der Waals surface area contributed by atoms with Crippen molar-refractivity contribution in [2.24, 2.45) is 0 Å². The lowest BCUT2D eigenvalue weighted by atomic mass is 10.0. The normalized spacial score (nSPS) is 12.0. The average Bonchev–Trinajstić information content (AvgIpc) is 2.88. The predicted molar refractivity (Wildman–Crippen MR) is 157 cm³/mol. The van der Waals surface area contributed by atoms with Gasteiger partial charge in [-0.15, -0.1) is 0 Å². The van der Waals surface area contributed by atoms with Gasteiger partial charge in [-0.2, -0.15) is 0 Å². The summed E-state index contributed by atoms with van der Waals surface area (Å²) in [5.41, 5.74) is 3.75. The molecule has 39 heavy (non-hydrogen) atoms. The first kappa shape index (κ1) is 30.2. The molecule has 0 aliphatic rings. The third-order valence-corrected chi connectivity index (χ3v) is 7.72. The molecule has 0 radical (unpaired) electrons. The molecule has 0 saturated carbocycles. The summed E-state index contributed by atoms with van der Waals surface area (Å²) in [6.45, 7) is 5.78. The van der Waals surface area contributed by atoms with Crippen LogP contribution in [0.2, 0.25) is 5.02 Å². The van der Waals surface area contributed by atoms with Crippen molar-refractivity contribution >= 4 is 39.1 Å². The number of aryl methyl sites for hydroxylation is 2. The largest absolute Gasteiger partial charge is 0.354 e. The molecule has 0 fully saturated rings. The van der Waals surface area contributed by atoms with Gasteiger partial charge in [0.25, 0.3) is 0 Å². The lowest BCUT2D eigenvalue weighted by molar-refractivity contribution is -0.140. The van der Waals surface area contributed by atoms with Gasteiger partial charge in [0.2, 0.25) is 21.8 Å². The maximum Gasteiger partial charge on any atom is 0.244 e. The first-order chi connectivity index (χ1) is 18.5. The number of carbonyl (C=O) groups is 2. The van der Waals surface area contributed by atoms with Crippen LogP contribution in [0.1, 0.15) is 35.6 Å². The van der Waals surface area contributed by atoms with E-state index in [1.54, 1.807) is 24.3 Å². The van der Waals surface area contributed by atoms with Crippen LogP contribution in [0, 0.1) is 13.8 Å². The molecule has 0 heterocycles. The van der Waals surface area contributed by atoms with Gasteiger partial charge in [0, 0.05) is 24.5 Å². The second-order valence-corrected chi connectivity index (χ2v) is 12.1. The quantitative estimate of drug-likeness (QED) is 0.336. The van der Waals surface area contributed by atoms with Gasteiger partial charge in [-0.25, -0.2) is 8.42 Å². The van der Waals surface area contributed by atoms with Crippen molar-refractivity contribution in [3.63, 3.8) is 0 Å². The first-order valence-corrected chi connectivity index (χ1v) is 15.1. The van der Waals surface area contributed by atoms with Crippen LogP contribution >= 0.6 is 11.6 Å². The van der Waals surface area contributed by atoms with Gasteiger partial charge >= 0.3 is 0 Å². The number of hydrogen-bond donors (Lipinski definition) is 1. The molecule has 9 heteroatoms. The lowest BCUT2D eigenvalue weighted by Gasteiger charge is -2.34. The highest BCUT2D eigenvalue weighted by atomic mass is 35.5. The Morgan fingerprint density at radius 3 is 2.26 bits per heavy atom. The van der Waals surface area contributed by atoms with E-state index in [-0.39, 0.29) is 18.9 Å². The molecule has 2 amide bonds. The number of amides is 2. The summed E-state index contributed by atoms with van der Waals surface area (Å²) in [6.07, 6.45) is 2.09. The van der Waals surface area contributed by atoms with Crippen LogP contribution in [-0.4, -0.2) is 50.5 Å². The van der Waals surface area contributed by atoms with E-state index < -0.39 is 28.5 Å². The Labute approximate surface area is 236 Å². The molecule has 3 rings (SSSR count). The van der Waals surface area contributed by atoms with Gasteiger partial charge in [-0.1, -0.05) is 78.7 Å². The average molecular weight is 570 g/mol. The highest BCUT2D eigenvalue weighted by Gasteiger charge is 2.33. The van der Waals surface area contributed by atoms with Crippen LogP contribution in [0.3, 0.4) is 0 Å². The van der Waals surface area contributed by atoms with Crippen molar-refractivity contribution in [1.82, 2.24) is 10.2 Å². The zero-order valence-corrected chi connectivity index (χ0v) is 24.4. The summed E-state index contributed by atoms with van der Waals surface area (Å²) in [6, 6.07) is 21.1. The standard InChI is InChI=1S/C30H36ClN3O4S/c1-5-16-32-30(36)28(19-24-10-7-6-8-11-24)33(20-25-12-9-13-26(31)18-25)29(35)21-34(39(4,37)38)27-15-14-22(2)17-23(27)3/h6-15,17-18,28H,5,16,19-21H2,1-4H3,(H,32,36)/t28-/m0/s1. The molecule has 7 nitrogen and oxygen atoms in total. The molecule has 208 valence electrons. The molecular formula is C30H36ClN3O4S. The van der Waals surface area contributed by atoms with Crippen LogP contribution in [0.15, 0.2) is 72.8 Å². The topological polar surface area (TPSA) is 86.8 Å². The molecule has 3 aromatic rings. The van der Waals surface area contributed by atoms with E-state index in [1.807, 2.05) is 69.3 Å². The fourth-order valence-corrected chi connectivity index (χ4v) is 5.55. The number of hydrogen-bond acceptors (Lipinski definition) is 4. The zero-order valence-electron chi connectivity index (χ0n) is 22.9. The summed E-state index contributed by atoms with van der Waals surface area (Å²) in [5, 5.41) is 3.43. The van der Waals surface area contributed by atoms with Crippen molar-refractivity contribution in [3.05, 3.63) is 100 Å². The Bertz CT molecular complexity index is 1400. The number of halogens is 1. The molecule has 0 spiro atoms. The molecule has 0 unspecified atom stereocenters. The van der Waals surface area contributed by atoms with Gasteiger partial charge in [0.1, 0.15) is 12.6 Å². The number of benzene rings is 3. The minimum Gasteiger partial charge on any atom is -0.354 e. The van der Waals surface area contributed by atoms with E-state index in [9.17, 15) is 18.0 Å². The highest BCUT2D eigenvalue weighted by molar-refractivity contribution is 7.92. The Hall–Kier alpha value is -3.36. The van der Waals surface area contributed by atoms with Crippen molar-refractivity contribution in [3.8, 4) is 0 Å². The monoisotopic (exact) mass is 569 g/mol. The molecule has 0 aromatic heterocycles. The molecule has 0 aliphatic carbocycles. The first-order valence-electron chi connectivity index (χ1n) is 12.9. The van der Waals surface area contributed by atoms with E-state index in [1.165, 1.54) is 4.90 Å². The van der Waals surface area contributed by atoms with Gasteiger partial charge in [0.15, 0.2) is 0 Å². The number of anilines is 1. The minimum atomic E-state index is -3.82. The number of sulfonamides is 1. The van der Waals surface area contributed by atoms with Crippen LogP contribution in [0.4, 0.5) is 5.69 Å². The molecule has 0 bridgehead atoms. The third-order valence-electron chi connectivity index (χ3n) is 6.36. The Kier molecular flexibility index (Phi) is 10.5. The number of nitrogens with one attached hydrogen (secondary N) is 1.